The van der Waals surface area contributed by atoms with E-state index in [1.807, 2.05) is 61.3 Å². The van der Waals surface area contributed by atoms with Gasteiger partial charge in [-0.1, -0.05) is 49.4 Å². The first-order chi connectivity index (χ1) is 18.8. The predicted molar refractivity (Wildman–Crippen MR) is 152 cm³/mol. The molecular formula is C32H37FN4O2. The summed E-state index contributed by atoms with van der Waals surface area (Å²) < 4.78 is 15.0. The van der Waals surface area contributed by atoms with E-state index in [4.69, 9.17) is 5.73 Å². The molecule has 0 saturated heterocycles. The SMILES string of the molecule is CCC(=O)N(C)C1CCC(CC(=O)Nc2cnc(-c3ccc(C4(N)CC4)c(F)c3)c(-c3ccccc3)c2)CC1. The van der Waals surface area contributed by atoms with Crippen molar-refractivity contribution in [1.29, 1.82) is 0 Å². The number of hydrogen-bond acceptors (Lipinski definition) is 4. The molecule has 2 aromatic carbocycles. The van der Waals surface area contributed by atoms with Gasteiger partial charge in [0.2, 0.25) is 11.8 Å². The lowest BCUT2D eigenvalue weighted by molar-refractivity contribution is -0.132. The fourth-order valence-corrected chi connectivity index (χ4v) is 5.73. The van der Waals surface area contributed by atoms with Crippen molar-refractivity contribution in [3.05, 3.63) is 72.2 Å². The van der Waals surface area contributed by atoms with Crippen molar-refractivity contribution in [2.24, 2.45) is 11.7 Å². The lowest BCUT2D eigenvalue weighted by atomic mass is 9.83. The Morgan fingerprint density at radius 1 is 1.05 bits per heavy atom. The van der Waals surface area contributed by atoms with Gasteiger partial charge in [-0.25, -0.2) is 4.39 Å². The van der Waals surface area contributed by atoms with E-state index in [-0.39, 0.29) is 23.7 Å². The molecule has 0 radical (unpaired) electrons. The second kappa shape index (κ2) is 11.3. The Morgan fingerprint density at radius 2 is 1.77 bits per heavy atom. The molecule has 2 aliphatic carbocycles. The first-order valence-electron chi connectivity index (χ1n) is 14.0. The van der Waals surface area contributed by atoms with Gasteiger partial charge in [0.1, 0.15) is 5.82 Å². The fraction of sp³-hybridized carbons (Fsp3) is 0.406. The van der Waals surface area contributed by atoms with Crippen molar-refractivity contribution in [1.82, 2.24) is 9.88 Å². The Kier molecular flexibility index (Phi) is 7.80. The van der Waals surface area contributed by atoms with E-state index in [0.29, 0.717) is 41.3 Å². The molecule has 2 aliphatic rings. The Balaban J connectivity index is 1.30. The van der Waals surface area contributed by atoms with Crippen LogP contribution in [0.4, 0.5) is 10.1 Å². The summed E-state index contributed by atoms with van der Waals surface area (Å²) in [5, 5.41) is 3.03. The highest BCUT2D eigenvalue weighted by Gasteiger charge is 2.42. The molecule has 6 nitrogen and oxygen atoms in total. The fourth-order valence-electron chi connectivity index (χ4n) is 5.73. The van der Waals surface area contributed by atoms with Crippen LogP contribution >= 0.6 is 0 Å². The summed E-state index contributed by atoms with van der Waals surface area (Å²) in [6, 6.07) is 17.1. The van der Waals surface area contributed by atoms with Crippen LogP contribution in [-0.4, -0.2) is 34.8 Å². The predicted octanol–water partition coefficient (Wildman–Crippen LogP) is 6.26. The third kappa shape index (κ3) is 6.04. The van der Waals surface area contributed by atoms with Gasteiger partial charge in [0.05, 0.1) is 17.6 Å². The Bertz CT molecular complexity index is 1350. The monoisotopic (exact) mass is 528 g/mol. The number of hydrogen-bond donors (Lipinski definition) is 2. The summed E-state index contributed by atoms with van der Waals surface area (Å²) in [5.74, 6) is 0.112. The molecule has 3 aromatic rings. The van der Waals surface area contributed by atoms with E-state index in [2.05, 4.69) is 10.3 Å². The van der Waals surface area contributed by atoms with Gasteiger partial charge in [-0.3, -0.25) is 14.6 Å². The molecule has 3 N–H and O–H groups in total. The van der Waals surface area contributed by atoms with Crippen molar-refractivity contribution < 1.29 is 14.0 Å². The number of halogens is 1. The van der Waals surface area contributed by atoms with E-state index in [0.717, 1.165) is 49.7 Å². The molecule has 5 rings (SSSR count). The third-order valence-electron chi connectivity index (χ3n) is 8.36. The highest BCUT2D eigenvalue weighted by molar-refractivity contribution is 5.93. The van der Waals surface area contributed by atoms with Crippen LogP contribution < -0.4 is 11.1 Å². The Labute approximate surface area is 229 Å². The quantitative estimate of drug-likeness (QED) is 0.361. The first-order valence-corrected chi connectivity index (χ1v) is 14.0. The normalized spacial score (nSPS) is 19.8. The molecule has 0 aliphatic heterocycles. The standard InChI is InChI=1S/C32H37FN4O2/c1-3-30(39)37(2)25-12-9-21(10-13-25)17-29(38)36-24-19-26(22-7-5-4-6-8-22)31(35-20-24)23-11-14-27(28(33)18-23)32(34)15-16-32/h4-8,11,14,18-21,25H,3,9-10,12-13,15-17,34H2,1-2H3,(H,36,38). The van der Waals surface area contributed by atoms with Gasteiger partial charge in [-0.2, -0.15) is 0 Å². The first kappa shape index (κ1) is 27.0. The van der Waals surface area contributed by atoms with Crippen LogP contribution in [0.1, 0.15) is 63.9 Å². The van der Waals surface area contributed by atoms with Crippen LogP contribution in [0, 0.1) is 11.7 Å². The molecule has 2 fully saturated rings. The molecule has 204 valence electrons. The van der Waals surface area contributed by atoms with Gasteiger partial charge in [0, 0.05) is 48.2 Å². The molecule has 1 aromatic heterocycles. The number of carbonyl (C=O) groups excluding carboxylic acids is 2. The number of nitrogens with one attached hydrogen (secondary N) is 1. The Hall–Kier alpha value is -3.58. The van der Waals surface area contributed by atoms with E-state index in [1.54, 1.807) is 12.3 Å². The second-order valence-electron chi connectivity index (χ2n) is 11.1. The highest BCUT2D eigenvalue weighted by atomic mass is 19.1. The number of carbonyl (C=O) groups is 2. The molecule has 2 saturated carbocycles. The van der Waals surface area contributed by atoms with Crippen LogP contribution in [0.5, 0.6) is 0 Å². The van der Waals surface area contributed by atoms with Crippen molar-refractivity contribution >= 4 is 17.5 Å². The average Bonchev–Trinajstić information content (AvgIpc) is 3.70. The largest absolute Gasteiger partial charge is 0.343 e. The van der Waals surface area contributed by atoms with Crippen molar-refractivity contribution in [3.63, 3.8) is 0 Å². The summed E-state index contributed by atoms with van der Waals surface area (Å²) in [6.07, 6.45) is 7.89. The summed E-state index contributed by atoms with van der Waals surface area (Å²) in [6.45, 7) is 1.89. The van der Waals surface area contributed by atoms with E-state index in [9.17, 15) is 9.59 Å². The van der Waals surface area contributed by atoms with Crippen LogP contribution in [0.2, 0.25) is 0 Å². The van der Waals surface area contributed by atoms with Gasteiger partial charge in [-0.15, -0.1) is 0 Å². The molecule has 0 unspecified atom stereocenters. The number of aromatic nitrogens is 1. The van der Waals surface area contributed by atoms with Crippen LogP contribution in [0.25, 0.3) is 22.4 Å². The zero-order chi connectivity index (χ0) is 27.6. The van der Waals surface area contributed by atoms with Gasteiger partial charge in [0.15, 0.2) is 0 Å². The van der Waals surface area contributed by atoms with E-state index < -0.39 is 5.54 Å². The maximum Gasteiger partial charge on any atom is 0.224 e. The van der Waals surface area contributed by atoms with Crippen molar-refractivity contribution in [2.75, 3.05) is 12.4 Å². The maximum absolute atomic E-state index is 15.0. The van der Waals surface area contributed by atoms with Gasteiger partial charge in [0.25, 0.3) is 0 Å². The molecular weight excluding hydrogens is 491 g/mol. The summed E-state index contributed by atoms with van der Waals surface area (Å²) in [7, 11) is 1.88. The molecule has 1 heterocycles. The van der Waals surface area contributed by atoms with Crippen molar-refractivity contribution in [2.45, 2.75) is 69.9 Å². The van der Waals surface area contributed by atoms with E-state index in [1.165, 1.54) is 6.07 Å². The minimum Gasteiger partial charge on any atom is -0.343 e. The molecule has 39 heavy (non-hydrogen) atoms. The lowest BCUT2D eigenvalue weighted by Crippen LogP contribution is -2.39. The number of nitrogens with two attached hydrogens (primary N) is 1. The zero-order valence-corrected chi connectivity index (χ0v) is 22.8. The number of benzene rings is 2. The molecule has 0 spiro atoms. The molecule has 2 amide bonds. The summed E-state index contributed by atoms with van der Waals surface area (Å²) >= 11 is 0. The highest BCUT2D eigenvalue weighted by Crippen LogP contribution is 2.44. The van der Waals surface area contributed by atoms with Gasteiger partial charge >= 0.3 is 0 Å². The number of amides is 2. The van der Waals surface area contributed by atoms with Gasteiger partial charge < -0.3 is 16.0 Å². The minimum absolute atomic E-state index is 0.0434. The third-order valence-corrected chi connectivity index (χ3v) is 8.36. The van der Waals surface area contributed by atoms with Gasteiger partial charge in [-0.05, 0) is 62.1 Å². The summed E-state index contributed by atoms with van der Waals surface area (Å²) in [4.78, 5) is 31.5. The van der Waals surface area contributed by atoms with Crippen LogP contribution in [0.3, 0.4) is 0 Å². The number of pyridine rings is 1. The topological polar surface area (TPSA) is 88.3 Å². The zero-order valence-electron chi connectivity index (χ0n) is 22.8. The molecule has 0 atom stereocenters. The number of rotatable bonds is 8. The number of nitrogens with zero attached hydrogens (tertiary/aromatic N) is 2. The molecule has 7 heteroatoms. The maximum atomic E-state index is 15.0. The summed E-state index contributed by atoms with van der Waals surface area (Å²) in [5.41, 5.74) is 9.92. The number of anilines is 1. The Morgan fingerprint density at radius 3 is 2.41 bits per heavy atom. The minimum atomic E-state index is -0.547. The van der Waals surface area contributed by atoms with Crippen LogP contribution in [-0.2, 0) is 15.1 Å². The molecule has 0 bridgehead atoms. The smallest absolute Gasteiger partial charge is 0.224 e. The van der Waals surface area contributed by atoms with Crippen LogP contribution in [0.15, 0.2) is 60.8 Å². The lowest BCUT2D eigenvalue weighted by Gasteiger charge is -2.34. The average molecular weight is 529 g/mol. The second-order valence-corrected chi connectivity index (χ2v) is 11.1. The van der Waals surface area contributed by atoms with Crippen molar-refractivity contribution in [3.8, 4) is 22.4 Å². The van der Waals surface area contributed by atoms with E-state index >= 15 is 4.39 Å².